The van der Waals surface area contributed by atoms with Crippen molar-refractivity contribution in [1.82, 2.24) is 9.78 Å². The van der Waals surface area contributed by atoms with E-state index in [0.29, 0.717) is 11.4 Å². The molecule has 0 radical (unpaired) electrons. The van der Waals surface area contributed by atoms with Gasteiger partial charge in [0.2, 0.25) is 0 Å². The lowest BCUT2D eigenvalue weighted by Gasteiger charge is -2.26. The Bertz CT molecular complexity index is 952. The van der Waals surface area contributed by atoms with Crippen LogP contribution in [0.5, 0.6) is 5.75 Å². The standard InChI is InChI=1S/C20H19F2N3O2/c1-13(2)25(16-8-9-19(27-3)17(22)12-16)20(26)18-10-11-24(23-18)15-6-4-14(21)5-7-15/h4-13H,1-3H3. The molecule has 0 aliphatic heterocycles. The summed E-state index contributed by atoms with van der Waals surface area (Å²) in [5.41, 5.74) is 1.23. The summed E-state index contributed by atoms with van der Waals surface area (Å²) in [6, 6.07) is 11.5. The van der Waals surface area contributed by atoms with E-state index in [9.17, 15) is 13.6 Å². The van der Waals surface area contributed by atoms with Crippen LogP contribution in [-0.4, -0.2) is 28.8 Å². The molecule has 5 nitrogen and oxygen atoms in total. The summed E-state index contributed by atoms with van der Waals surface area (Å²) >= 11 is 0. The Morgan fingerprint density at radius 1 is 1.11 bits per heavy atom. The highest BCUT2D eigenvalue weighted by molar-refractivity contribution is 6.05. The molecule has 3 aromatic rings. The zero-order valence-electron chi connectivity index (χ0n) is 15.2. The van der Waals surface area contributed by atoms with E-state index in [1.54, 1.807) is 30.5 Å². The molecule has 7 heteroatoms. The Morgan fingerprint density at radius 2 is 1.81 bits per heavy atom. The molecule has 0 saturated carbocycles. The van der Waals surface area contributed by atoms with E-state index in [2.05, 4.69) is 5.10 Å². The SMILES string of the molecule is COc1ccc(N(C(=O)c2ccn(-c3ccc(F)cc3)n2)C(C)C)cc1F. The van der Waals surface area contributed by atoms with Crippen LogP contribution in [0.2, 0.25) is 0 Å². The molecule has 1 heterocycles. The first kappa shape index (κ1) is 18.6. The van der Waals surface area contributed by atoms with Crippen LogP contribution >= 0.6 is 0 Å². The number of hydrogen-bond donors (Lipinski definition) is 0. The highest BCUT2D eigenvalue weighted by Crippen LogP contribution is 2.26. The van der Waals surface area contributed by atoms with Gasteiger partial charge in [-0.2, -0.15) is 5.10 Å². The number of rotatable bonds is 5. The van der Waals surface area contributed by atoms with Crippen LogP contribution in [0.3, 0.4) is 0 Å². The highest BCUT2D eigenvalue weighted by Gasteiger charge is 2.24. The van der Waals surface area contributed by atoms with Gasteiger partial charge in [0.25, 0.3) is 5.91 Å². The van der Waals surface area contributed by atoms with Gasteiger partial charge in [-0.1, -0.05) is 0 Å². The molecule has 1 amide bonds. The van der Waals surface area contributed by atoms with E-state index in [4.69, 9.17) is 4.74 Å². The molecule has 0 aliphatic rings. The van der Waals surface area contributed by atoms with Gasteiger partial charge in [-0.25, -0.2) is 13.5 Å². The Morgan fingerprint density at radius 3 is 2.41 bits per heavy atom. The second kappa shape index (κ2) is 7.57. The number of benzene rings is 2. The molecule has 3 rings (SSSR count). The fourth-order valence-corrected chi connectivity index (χ4v) is 2.75. The highest BCUT2D eigenvalue weighted by atomic mass is 19.1. The van der Waals surface area contributed by atoms with Gasteiger partial charge >= 0.3 is 0 Å². The van der Waals surface area contributed by atoms with Crippen molar-refractivity contribution in [2.45, 2.75) is 19.9 Å². The van der Waals surface area contributed by atoms with Crippen LogP contribution in [0.25, 0.3) is 5.69 Å². The van der Waals surface area contributed by atoms with Crippen molar-refractivity contribution < 1.29 is 18.3 Å². The summed E-state index contributed by atoms with van der Waals surface area (Å²) in [4.78, 5) is 14.4. The van der Waals surface area contributed by atoms with Gasteiger partial charge in [0.15, 0.2) is 17.3 Å². The maximum atomic E-state index is 14.1. The Balaban J connectivity index is 1.92. The van der Waals surface area contributed by atoms with Gasteiger partial charge in [-0.05, 0) is 56.3 Å². The van der Waals surface area contributed by atoms with Crippen LogP contribution < -0.4 is 9.64 Å². The van der Waals surface area contributed by atoms with Crippen LogP contribution in [0.1, 0.15) is 24.3 Å². The van der Waals surface area contributed by atoms with Crippen LogP contribution in [0.15, 0.2) is 54.7 Å². The number of carbonyl (C=O) groups excluding carboxylic acids is 1. The van der Waals surface area contributed by atoms with Crippen molar-refractivity contribution in [3.05, 3.63) is 72.1 Å². The quantitative estimate of drug-likeness (QED) is 0.675. The molecule has 0 bridgehead atoms. The Kier molecular flexibility index (Phi) is 5.21. The monoisotopic (exact) mass is 371 g/mol. The molecule has 0 N–H and O–H groups in total. The number of nitrogens with zero attached hydrogens (tertiary/aromatic N) is 3. The number of ether oxygens (including phenoxy) is 1. The number of anilines is 1. The van der Waals surface area contributed by atoms with Gasteiger partial charge < -0.3 is 9.64 Å². The molecule has 0 aliphatic carbocycles. The van der Waals surface area contributed by atoms with E-state index in [1.807, 2.05) is 13.8 Å². The molecule has 0 spiro atoms. The minimum Gasteiger partial charge on any atom is -0.494 e. The lowest BCUT2D eigenvalue weighted by Crippen LogP contribution is -2.37. The predicted octanol–water partition coefficient (Wildman–Crippen LogP) is 4.21. The third-order valence-electron chi connectivity index (χ3n) is 4.05. The fraction of sp³-hybridized carbons (Fsp3) is 0.200. The first-order valence-corrected chi connectivity index (χ1v) is 8.39. The normalized spacial score (nSPS) is 10.9. The molecule has 1 aromatic heterocycles. The van der Waals surface area contributed by atoms with Gasteiger partial charge in [-0.3, -0.25) is 4.79 Å². The molecule has 0 fully saturated rings. The first-order chi connectivity index (χ1) is 12.9. The third-order valence-corrected chi connectivity index (χ3v) is 4.05. The summed E-state index contributed by atoms with van der Waals surface area (Å²) in [5, 5.41) is 4.28. The van der Waals surface area contributed by atoms with Crippen LogP contribution in [-0.2, 0) is 0 Å². The number of halogens is 2. The maximum Gasteiger partial charge on any atom is 0.279 e. The summed E-state index contributed by atoms with van der Waals surface area (Å²) < 4.78 is 33.6. The number of hydrogen-bond acceptors (Lipinski definition) is 3. The largest absolute Gasteiger partial charge is 0.494 e. The van der Waals surface area contributed by atoms with E-state index < -0.39 is 5.82 Å². The topological polar surface area (TPSA) is 47.4 Å². The van der Waals surface area contributed by atoms with Gasteiger partial charge in [-0.15, -0.1) is 0 Å². The molecule has 140 valence electrons. The number of carbonyl (C=O) groups is 1. The van der Waals surface area contributed by atoms with E-state index >= 15 is 0 Å². The molecule has 0 unspecified atom stereocenters. The molecule has 2 aromatic carbocycles. The molecular formula is C20H19F2N3O2. The fourth-order valence-electron chi connectivity index (χ4n) is 2.75. The maximum absolute atomic E-state index is 14.1. The van der Waals surface area contributed by atoms with Crippen LogP contribution in [0, 0.1) is 11.6 Å². The summed E-state index contributed by atoms with van der Waals surface area (Å²) in [7, 11) is 1.38. The van der Waals surface area contributed by atoms with E-state index in [-0.39, 0.29) is 29.2 Å². The zero-order chi connectivity index (χ0) is 19.6. The minimum absolute atomic E-state index is 0.107. The summed E-state index contributed by atoms with van der Waals surface area (Å²) in [5.74, 6) is -1.16. The second-order valence-electron chi connectivity index (χ2n) is 6.21. The second-order valence-corrected chi connectivity index (χ2v) is 6.21. The van der Waals surface area contributed by atoms with Gasteiger partial charge in [0.05, 0.1) is 12.8 Å². The van der Waals surface area contributed by atoms with Crippen molar-refractivity contribution in [3.63, 3.8) is 0 Å². The van der Waals surface area contributed by atoms with Crippen molar-refractivity contribution in [2.75, 3.05) is 12.0 Å². The Labute approximate surface area is 155 Å². The smallest absolute Gasteiger partial charge is 0.279 e. The molecule has 27 heavy (non-hydrogen) atoms. The number of methoxy groups -OCH3 is 1. The molecule has 0 atom stereocenters. The lowest BCUT2D eigenvalue weighted by atomic mass is 10.2. The minimum atomic E-state index is -0.551. The summed E-state index contributed by atoms with van der Waals surface area (Å²) in [6.45, 7) is 3.66. The van der Waals surface area contributed by atoms with E-state index in [0.717, 1.165) is 0 Å². The summed E-state index contributed by atoms with van der Waals surface area (Å²) in [6.07, 6.45) is 1.62. The van der Waals surface area contributed by atoms with Gasteiger partial charge in [0, 0.05) is 24.0 Å². The average Bonchev–Trinajstić information content (AvgIpc) is 3.12. The van der Waals surface area contributed by atoms with Crippen molar-refractivity contribution in [2.24, 2.45) is 0 Å². The number of amides is 1. The predicted molar refractivity (Wildman–Crippen MR) is 98.4 cm³/mol. The Hall–Kier alpha value is -3.22. The van der Waals surface area contributed by atoms with Crippen molar-refractivity contribution in [3.8, 4) is 11.4 Å². The van der Waals surface area contributed by atoms with Gasteiger partial charge in [0.1, 0.15) is 5.82 Å². The lowest BCUT2D eigenvalue weighted by molar-refractivity contribution is 0.0975. The van der Waals surface area contributed by atoms with E-state index in [1.165, 1.54) is 41.0 Å². The van der Waals surface area contributed by atoms with Crippen LogP contribution in [0.4, 0.5) is 14.5 Å². The third kappa shape index (κ3) is 3.81. The average molecular weight is 371 g/mol. The molecular weight excluding hydrogens is 352 g/mol. The van der Waals surface area contributed by atoms with Crippen molar-refractivity contribution >= 4 is 11.6 Å². The number of aromatic nitrogens is 2. The zero-order valence-corrected chi connectivity index (χ0v) is 15.2. The first-order valence-electron chi connectivity index (χ1n) is 8.39. The van der Waals surface area contributed by atoms with Crippen molar-refractivity contribution in [1.29, 1.82) is 0 Å². The molecule has 0 saturated heterocycles.